The number of rotatable bonds is 6. The zero-order valence-corrected chi connectivity index (χ0v) is 18.2. The minimum absolute atomic E-state index is 0.00364. The zero-order chi connectivity index (χ0) is 21.1. The summed E-state index contributed by atoms with van der Waals surface area (Å²) in [6.07, 6.45) is 0.839. The first kappa shape index (κ1) is 21.1. The van der Waals surface area contributed by atoms with Gasteiger partial charge in [-0.05, 0) is 44.7 Å². The summed E-state index contributed by atoms with van der Waals surface area (Å²) >= 11 is 0. The normalized spacial score (nSPS) is 17.3. The Balaban J connectivity index is 1.74. The lowest BCUT2D eigenvalue weighted by Crippen LogP contribution is -2.57. The Morgan fingerprint density at radius 2 is 2.00 bits per heavy atom. The first-order valence-electron chi connectivity index (χ1n) is 10.5. The van der Waals surface area contributed by atoms with Crippen LogP contribution in [0.5, 0.6) is 0 Å². The number of carbonyl (C=O) groups is 2. The molecule has 6 heteroatoms. The Bertz CT molecular complexity index is 887. The maximum atomic E-state index is 13.2. The molecule has 0 unspecified atom stereocenters. The number of carbonyl (C=O) groups excluding carboxylic acids is 2. The summed E-state index contributed by atoms with van der Waals surface area (Å²) < 4.78 is 1.76. The lowest BCUT2D eigenvalue weighted by Gasteiger charge is -2.39. The Morgan fingerprint density at radius 3 is 2.66 bits per heavy atom. The van der Waals surface area contributed by atoms with E-state index in [4.69, 9.17) is 0 Å². The molecule has 29 heavy (non-hydrogen) atoms. The molecule has 1 aromatic heterocycles. The lowest BCUT2D eigenvalue weighted by molar-refractivity contribution is -0.140. The first-order chi connectivity index (χ1) is 13.8. The van der Waals surface area contributed by atoms with E-state index in [-0.39, 0.29) is 11.8 Å². The molecule has 0 aliphatic carbocycles. The van der Waals surface area contributed by atoms with Gasteiger partial charge in [0.05, 0.1) is 5.69 Å². The standard InChI is InChI=1S/C23H32N4O2/c1-6-27-21(14-20(24-27)12-16(2)3)23(29)26-11-10-25(22(28)18(26)5)15-19-9-7-8-17(4)13-19/h7-9,13-14,16,18H,6,10-12,15H2,1-5H3/t18-/m1/s1. The highest BCUT2D eigenvalue weighted by atomic mass is 16.2. The van der Waals surface area contributed by atoms with Crippen LogP contribution in [-0.4, -0.2) is 50.5 Å². The number of aryl methyl sites for hydroxylation is 2. The van der Waals surface area contributed by atoms with Crippen LogP contribution >= 0.6 is 0 Å². The zero-order valence-electron chi connectivity index (χ0n) is 18.2. The van der Waals surface area contributed by atoms with Crippen molar-refractivity contribution in [3.63, 3.8) is 0 Å². The molecule has 2 heterocycles. The van der Waals surface area contributed by atoms with Gasteiger partial charge in [0, 0.05) is 26.2 Å². The fourth-order valence-electron chi connectivity index (χ4n) is 3.94. The second-order valence-electron chi connectivity index (χ2n) is 8.36. The van der Waals surface area contributed by atoms with Crippen molar-refractivity contribution in [2.45, 2.75) is 60.2 Å². The molecule has 1 aliphatic heterocycles. The van der Waals surface area contributed by atoms with Gasteiger partial charge >= 0.3 is 0 Å². The number of nitrogens with zero attached hydrogens (tertiary/aromatic N) is 4. The number of hydrogen-bond donors (Lipinski definition) is 0. The van der Waals surface area contributed by atoms with E-state index in [9.17, 15) is 9.59 Å². The Labute approximate surface area is 173 Å². The van der Waals surface area contributed by atoms with Crippen molar-refractivity contribution in [1.82, 2.24) is 19.6 Å². The van der Waals surface area contributed by atoms with Gasteiger partial charge in [-0.15, -0.1) is 0 Å². The third-order valence-electron chi connectivity index (χ3n) is 5.43. The smallest absolute Gasteiger partial charge is 0.272 e. The van der Waals surface area contributed by atoms with Crippen molar-refractivity contribution in [1.29, 1.82) is 0 Å². The van der Waals surface area contributed by atoms with Crippen molar-refractivity contribution in [2.24, 2.45) is 5.92 Å². The first-order valence-corrected chi connectivity index (χ1v) is 10.5. The molecule has 0 bridgehead atoms. The van der Waals surface area contributed by atoms with Gasteiger partial charge in [-0.2, -0.15) is 5.10 Å². The van der Waals surface area contributed by atoms with Crippen molar-refractivity contribution < 1.29 is 9.59 Å². The Hall–Kier alpha value is -2.63. The molecule has 1 aromatic carbocycles. The van der Waals surface area contributed by atoms with E-state index in [0.717, 1.165) is 17.7 Å². The number of hydrogen-bond acceptors (Lipinski definition) is 3. The van der Waals surface area contributed by atoms with Crippen LogP contribution in [0.1, 0.15) is 55.0 Å². The molecular formula is C23H32N4O2. The van der Waals surface area contributed by atoms with Crippen LogP contribution in [0, 0.1) is 12.8 Å². The fraction of sp³-hybridized carbons (Fsp3) is 0.522. The molecule has 0 N–H and O–H groups in total. The molecule has 0 spiro atoms. The summed E-state index contributed by atoms with van der Waals surface area (Å²) in [6, 6.07) is 9.62. The van der Waals surface area contributed by atoms with E-state index < -0.39 is 6.04 Å². The van der Waals surface area contributed by atoms with Crippen LogP contribution in [0.3, 0.4) is 0 Å². The maximum absolute atomic E-state index is 13.2. The maximum Gasteiger partial charge on any atom is 0.272 e. The van der Waals surface area contributed by atoms with Crippen LogP contribution in [-0.2, 0) is 24.3 Å². The van der Waals surface area contributed by atoms with Gasteiger partial charge < -0.3 is 9.80 Å². The third kappa shape index (κ3) is 4.69. The molecule has 6 nitrogen and oxygen atoms in total. The predicted octanol–water partition coefficient (Wildman–Crippen LogP) is 3.28. The summed E-state index contributed by atoms with van der Waals surface area (Å²) in [5.41, 5.74) is 3.81. The largest absolute Gasteiger partial charge is 0.335 e. The van der Waals surface area contributed by atoms with Crippen molar-refractivity contribution in [3.8, 4) is 0 Å². The van der Waals surface area contributed by atoms with E-state index in [1.807, 2.05) is 36.9 Å². The van der Waals surface area contributed by atoms with E-state index >= 15 is 0 Å². The Kier molecular flexibility index (Phi) is 6.40. The number of aromatic nitrogens is 2. The van der Waals surface area contributed by atoms with Crippen LogP contribution in [0.15, 0.2) is 30.3 Å². The molecule has 1 aliphatic rings. The minimum atomic E-state index is -0.477. The van der Waals surface area contributed by atoms with Crippen LogP contribution < -0.4 is 0 Å². The summed E-state index contributed by atoms with van der Waals surface area (Å²) in [6.45, 7) is 12.4. The minimum Gasteiger partial charge on any atom is -0.335 e. The van der Waals surface area contributed by atoms with Crippen molar-refractivity contribution in [2.75, 3.05) is 13.1 Å². The molecule has 2 amide bonds. The average molecular weight is 397 g/mol. The topological polar surface area (TPSA) is 58.4 Å². The second-order valence-corrected chi connectivity index (χ2v) is 8.36. The summed E-state index contributed by atoms with van der Waals surface area (Å²) in [5.74, 6) is 0.366. The second kappa shape index (κ2) is 8.80. The SMILES string of the molecule is CCn1nc(CC(C)C)cc1C(=O)N1CCN(Cc2cccc(C)c2)C(=O)[C@H]1C. The highest BCUT2D eigenvalue weighted by Crippen LogP contribution is 2.19. The average Bonchev–Trinajstić information content (AvgIpc) is 3.07. The lowest BCUT2D eigenvalue weighted by atomic mass is 10.1. The highest BCUT2D eigenvalue weighted by Gasteiger charge is 2.35. The van der Waals surface area contributed by atoms with Gasteiger partial charge in [0.15, 0.2) is 0 Å². The molecule has 156 valence electrons. The van der Waals surface area contributed by atoms with Crippen LogP contribution in [0.25, 0.3) is 0 Å². The van der Waals surface area contributed by atoms with Gasteiger partial charge in [-0.25, -0.2) is 0 Å². The van der Waals surface area contributed by atoms with Gasteiger partial charge in [0.2, 0.25) is 5.91 Å². The number of benzene rings is 1. The quantitative estimate of drug-likeness (QED) is 0.753. The van der Waals surface area contributed by atoms with Crippen molar-refractivity contribution >= 4 is 11.8 Å². The van der Waals surface area contributed by atoms with E-state index in [1.165, 1.54) is 5.56 Å². The molecule has 1 atom stereocenters. The van der Waals surface area contributed by atoms with Gasteiger partial charge in [-0.1, -0.05) is 43.7 Å². The summed E-state index contributed by atoms with van der Waals surface area (Å²) in [4.78, 5) is 29.8. The highest BCUT2D eigenvalue weighted by molar-refractivity contribution is 5.97. The number of piperazine rings is 1. The molecule has 2 aromatic rings. The Morgan fingerprint density at radius 1 is 1.24 bits per heavy atom. The number of amides is 2. The van der Waals surface area contributed by atoms with Crippen LogP contribution in [0.4, 0.5) is 0 Å². The molecular weight excluding hydrogens is 364 g/mol. The summed E-state index contributed by atoms with van der Waals surface area (Å²) in [7, 11) is 0. The molecule has 1 saturated heterocycles. The molecule has 3 rings (SSSR count). The van der Waals surface area contributed by atoms with E-state index in [0.29, 0.717) is 37.8 Å². The monoisotopic (exact) mass is 396 g/mol. The van der Waals surface area contributed by atoms with E-state index in [1.54, 1.807) is 9.58 Å². The van der Waals surface area contributed by atoms with E-state index in [2.05, 4.69) is 38.0 Å². The predicted molar refractivity (Wildman–Crippen MR) is 114 cm³/mol. The fourth-order valence-corrected chi connectivity index (χ4v) is 3.94. The molecule has 0 saturated carbocycles. The molecule has 1 fully saturated rings. The van der Waals surface area contributed by atoms with Crippen LogP contribution in [0.2, 0.25) is 0 Å². The van der Waals surface area contributed by atoms with Gasteiger partial charge in [-0.3, -0.25) is 14.3 Å². The van der Waals surface area contributed by atoms with Crippen molar-refractivity contribution in [3.05, 3.63) is 52.8 Å². The third-order valence-corrected chi connectivity index (χ3v) is 5.43. The van der Waals surface area contributed by atoms with Gasteiger partial charge in [0.25, 0.3) is 5.91 Å². The molecule has 0 radical (unpaired) electrons. The van der Waals surface area contributed by atoms with Gasteiger partial charge in [0.1, 0.15) is 11.7 Å². The summed E-state index contributed by atoms with van der Waals surface area (Å²) in [5, 5.41) is 4.58.